The van der Waals surface area contributed by atoms with Gasteiger partial charge in [-0.15, -0.1) is 27.3 Å². The number of fused-ring (bicyclic) bond motifs is 2. The molecule has 0 unspecified atom stereocenters. The van der Waals surface area contributed by atoms with Gasteiger partial charge in [0, 0.05) is 0 Å². The predicted octanol–water partition coefficient (Wildman–Crippen LogP) is 0.127. The second-order valence-corrected chi connectivity index (χ2v) is 10.8. The number of allylic oxidation sites excluding steroid dienone is 4. The molecule has 2 aromatic carbocycles. The van der Waals surface area contributed by atoms with Crippen LogP contribution in [0, 0.1) is 10.4 Å². The molecule has 0 fully saturated rings. The Morgan fingerprint density at radius 2 is 1.50 bits per heavy atom. The van der Waals surface area contributed by atoms with E-state index in [0.29, 0.717) is 0 Å². The first-order valence-electron chi connectivity index (χ1n) is 10.8. The van der Waals surface area contributed by atoms with E-state index >= 15 is 0 Å². The van der Waals surface area contributed by atoms with Crippen LogP contribution >= 0.6 is 0 Å². The van der Waals surface area contributed by atoms with Crippen molar-refractivity contribution in [3.63, 3.8) is 0 Å². The van der Waals surface area contributed by atoms with Crippen molar-refractivity contribution in [1.29, 1.82) is 0 Å². The molecule has 167 valence electrons. The van der Waals surface area contributed by atoms with Gasteiger partial charge in [0.1, 0.15) is 0 Å². The molecule has 0 amide bonds. The first-order chi connectivity index (χ1) is 13.5. The predicted molar refractivity (Wildman–Crippen MR) is 126 cm³/mol. The number of halogens is 2. The topological polar surface area (TPSA) is 0 Å². The largest absolute Gasteiger partial charge is 3.00 e. The van der Waals surface area contributed by atoms with Crippen LogP contribution in [0.15, 0.2) is 42.5 Å². The van der Waals surface area contributed by atoms with Crippen molar-refractivity contribution in [2.45, 2.75) is 72.6 Å². The smallest absolute Gasteiger partial charge is 1.00 e. The van der Waals surface area contributed by atoms with E-state index in [0.717, 1.165) is 6.42 Å². The molecule has 2 aliphatic carbocycles. The minimum atomic E-state index is 0. The fourth-order valence-corrected chi connectivity index (χ4v) is 4.75. The zero-order valence-corrected chi connectivity index (χ0v) is 24.5. The van der Waals surface area contributed by atoms with E-state index in [2.05, 4.69) is 104 Å². The van der Waals surface area contributed by atoms with Crippen molar-refractivity contribution in [2.24, 2.45) is 0 Å². The monoisotopic (exact) mass is 541 g/mol. The summed E-state index contributed by atoms with van der Waals surface area (Å²) in [6.45, 7) is 18.4. The molecule has 0 N–H and O–H groups in total. The van der Waals surface area contributed by atoms with Gasteiger partial charge in [0.15, 0.2) is 0 Å². The summed E-state index contributed by atoms with van der Waals surface area (Å²) in [4.78, 5) is 0. The van der Waals surface area contributed by atoms with E-state index in [-0.39, 0.29) is 61.8 Å². The minimum Gasteiger partial charge on any atom is -1.00 e. The van der Waals surface area contributed by atoms with Crippen LogP contribution in [0.5, 0.6) is 0 Å². The van der Waals surface area contributed by atoms with Gasteiger partial charge in [-0.05, 0) is 41.9 Å². The fraction of sp³-hybridized carbons (Fsp3) is 0.379. The molecule has 3 heteroatoms. The van der Waals surface area contributed by atoms with E-state index in [1.807, 2.05) is 0 Å². The molecule has 2 aliphatic rings. The zero-order valence-electron chi connectivity index (χ0n) is 20.5. The van der Waals surface area contributed by atoms with Crippen molar-refractivity contribution in [2.75, 3.05) is 0 Å². The van der Waals surface area contributed by atoms with Crippen LogP contribution in [0.2, 0.25) is 0 Å². The Kier molecular flexibility index (Phi) is 9.27. The molecule has 0 saturated carbocycles. The molecule has 0 atom stereocenters. The standard InChI is InChI=1S/C29H33.2ClH.Zr/c1-18(2)26-25(29(6,7)8)17-21-20-14-11-15-24(28(3,4)5)22(20)16-23(21)27(26)19-12-9-10-13-19;;;/h9-12,14-15,17H,13H2,1-8H3;2*1H;/q-1;;;+3/p-2. The molecular formula is C29H33Cl2Zr. The third-order valence-corrected chi connectivity index (χ3v) is 6.14. The summed E-state index contributed by atoms with van der Waals surface area (Å²) in [5, 5.41) is 5.40. The molecule has 1 radical (unpaired) electrons. The first-order valence-corrected chi connectivity index (χ1v) is 10.8. The van der Waals surface area contributed by atoms with E-state index < -0.39 is 0 Å². The number of hydrogen-bond donors (Lipinski definition) is 0. The Morgan fingerprint density at radius 3 is 2.00 bits per heavy atom. The third-order valence-electron chi connectivity index (χ3n) is 6.14. The van der Waals surface area contributed by atoms with E-state index in [1.54, 1.807) is 0 Å². The van der Waals surface area contributed by atoms with Crippen LogP contribution in [0.1, 0.15) is 84.1 Å². The molecule has 0 aliphatic heterocycles. The van der Waals surface area contributed by atoms with Gasteiger partial charge >= 0.3 is 26.2 Å². The fourth-order valence-electron chi connectivity index (χ4n) is 4.75. The zero-order chi connectivity index (χ0) is 21.1. The summed E-state index contributed by atoms with van der Waals surface area (Å²) in [5.74, 6) is 0. The van der Waals surface area contributed by atoms with E-state index in [4.69, 9.17) is 0 Å². The van der Waals surface area contributed by atoms with Crippen LogP contribution < -0.4 is 35.3 Å². The second-order valence-electron chi connectivity index (χ2n) is 10.8. The Bertz CT molecular complexity index is 1290. The average Bonchev–Trinajstić information content (AvgIpc) is 3.25. The van der Waals surface area contributed by atoms with Crippen molar-refractivity contribution in [3.8, 4) is 0 Å². The number of rotatable bonds is 1. The number of hydrogen-bond acceptors (Lipinski definition) is 0. The molecule has 4 rings (SSSR count). The second kappa shape index (κ2) is 10.2. The van der Waals surface area contributed by atoms with Crippen molar-refractivity contribution in [1.82, 2.24) is 0 Å². The minimum absolute atomic E-state index is 0. The summed E-state index contributed by atoms with van der Waals surface area (Å²) < 4.78 is 0. The number of benzene rings is 2. The Balaban J connectivity index is 0.00000171. The SMILES string of the molecule is CC(C)=c1c(C(C)(C)C)cc2c(c1C1=CC=CC1)[C-]=c1c(C(C)(C)C)cccc1=2.[Cl-].[Cl-].[Zr+3]. The van der Waals surface area contributed by atoms with E-state index in [9.17, 15) is 0 Å². The van der Waals surface area contributed by atoms with Gasteiger partial charge in [0.05, 0.1) is 0 Å². The van der Waals surface area contributed by atoms with Gasteiger partial charge in [-0.2, -0.15) is 0 Å². The summed E-state index contributed by atoms with van der Waals surface area (Å²) in [7, 11) is 0. The first kappa shape index (κ1) is 29.2. The maximum absolute atomic E-state index is 3.89. The van der Waals surface area contributed by atoms with Crippen LogP contribution in [-0.4, -0.2) is 0 Å². The Hall–Kier alpha value is -0.877. The average molecular weight is 544 g/mol. The summed E-state index contributed by atoms with van der Waals surface area (Å²) >= 11 is 0. The quantitative estimate of drug-likeness (QED) is 0.383. The van der Waals surface area contributed by atoms with Crippen LogP contribution in [0.3, 0.4) is 0 Å². The van der Waals surface area contributed by atoms with Gasteiger partial charge in [-0.1, -0.05) is 106 Å². The van der Waals surface area contributed by atoms with Gasteiger partial charge in [-0.3, -0.25) is 0 Å². The molecule has 0 nitrogen and oxygen atoms in total. The van der Waals surface area contributed by atoms with Crippen molar-refractivity contribution in [3.05, 3.63) is 85.6 Å². The van der Waals surface area contributed by atoms with Crippen LogP contribution in [-0.2, 0) is 37.0 Å². The van der Waals surface area contributed by atoms with Crippen LogP contribution in [0.25, 0.3) is 17.2 Å². The Labute approximate surface area is 225 Å². The normalized spacial score (nSPS) is 13.7. The molecule has 2 aromatic rings. The summed E-state index contributed by atoms with van der Waals surface area (Å²) in [6, 6.07) is 9.23. The molecule has 0 spiro atoms. The summed E-state index contributed by atoms with van der Waals surface area (Å²) in [5.41, 5.74) is 8.48. The Morgan fingerprint density at radius 1 is 0.875 bits per heavy atom. The van der Waals surface area contributed by atoms with Gasteiger partial charge in [-0.25, -0.2) is 0 Å². The van der Waals surface area contributed by atoms with Crippen molar-refractivity contribution < 1.29 is 51.0 Å². The van der Waals surface area contributed by atoms with E-state index in [1.165, 1.54) is 54.3 Å². The molecule has 0 heterocycles. The molecule has 32 heavy (non-hydrogen) atoms. The molecule has 0 saturated heterocycles. The summed E-state index contributed by atoms with van der Waals surface area (Å²) in [6.07, 6.45) is 11.7. The molecular weight excluding hydrogens is 510 g/mol. The van der Waals surface area contributed by atoms with Crippen molar-refractivity contribution >= 4 is 17.2 Å². The van der Waals surface area contributed by atoms with Gasteiger partial charge in [0.2, 0.25) is 0 Å². The van der Waals surface area contributed by atoms with Gasteiger partial charge < -0.3 is 24.8 Å². The molecule has 0 aromatic heterocycles. The molecule has 0 bridgehead atoms. The maximum atomic E-state index is 3.89. The third kappa shape index (κ3) is 4.96. The maximum Gasteiger partial charge on any atom is 3.00 e. The van der Waals surface area contributed by atoms with Gasteiger partial charge in [0.25, 0.3) is 0 Å². The van der Waals surface area contributed by atoms with Crippen LogP contribution in [0.4, 0.5) is 0 Å².